The molecule has 0 aromatic heterocycles. The first-order chi connectivity index (χ1) is 13.9. The molecule has 2 unspecified atom stereocenters. The van der Waals surface area contributed by atoms with Crippen molar-refractivity contribution >= 4 is 23.7 Å². The molecule has 1 N–H and O–H groups in total. The minimum Gasteiger partial charge on any atom is -0.481 e. The zero-order valence-electron chi connectivity index (χ0n) is 15.9. The Morgan fingerprint density at radius 2 is 1.69 bits per heavy atom. The van der Waals surface area contributed by atoms with Crippen LogP contribution in [-0.2, 0) is 11.3 Å². The Bertz CT molecular complexity index is 996. The van der Waals surface area contributed by atoms with E-state index in [4.69, 9.17) is 0 Å². The van der Waals surface area contributed by atoms with E-state index in [0.717, 1.165) is 0 Å². The van der Waals surface area contributed by atoms with Gasteiger partial charge in [-0.25, -0.2) is 0 Å². The summed E-state index contributed by atoms with van der Waals surface area (Å²) in [4.78, 5) is 52.1. The highest BCUT2D eigenvalue weighted by atomic mass is 16.4. The van der Waals surface area contributed by atoms with Crippen molar-refractivity contribution in [3.8, 4) is 0 Å². The molecule has 0 radical (unpaired) electrons. The molecule has 29 heavy (non-hydrogen) atoms. The van der Waals surface area contributed by atoms with E-state index in [1.165, 1.54) is 4.90 Å². The first-order valence-electron chi connectivity index (χ1n) is 9.46. The molecule has 3 amide bonds. The maximum absolute atomic E-state index is 12.9. The van der Waals surface area contributed by atoms with Crippen molar-refractivity contribution in [2.45, 2.75) is 25.9 Å². The molecule has 2 heterocycles. The molecular formula is C22H20N2O5. The van der Waals surface area contributed by atoms with Crippen LogP contribution in [0.15, 0.2) is 48.5 Å². The molecule has 0 saturated carbocycles. The largest absolute Gasteiger partial charge is 0.481 e. The van der Waals surface area contributed by atoms with Gasteiger partial charge in [0.1, 0.15) is 0 Å². The molecule has 148 valence electrons. The van der Waals surface area contributed by atoms with Gasteiger partial charge in [-0.3, -0.25) is 24.1 Å². The van der Waals surface area contributed by atoms with Crippen LogP contribution >= 0.6 is 0 Å². The quantitative estimate of drug-likeness (QED) is 0.807. The lowest BCUT2D eigenvalue weighted by atomic mass is 10.0. The van der Waals surface area contributed by atoms with E-state index in [1.807, 2.05) is 0 Å². The van der Waals surface area contributed by atoms with Crippen LogP contribution in [-0.4, -0.2) is 51.2 Å². The van der Waals surface area contributed by atoms with Gasteiger partial charge in [0.2, 0.25) is 0 Å². The maximum Gasteiger partial charge on any atom is 0.308 e. The third kappa shape index (κ3) is 3.18. The Morgan fingerprint density at radius 1 is 1.03 bits per heavy atom. The lowest BCUT2D eigenvalue weighted by Gasteiger charge is -2.23. The molecular weight excluding hydrogens is 372 g/mol. The highest BCUT2D eigenvalue weighted by Gasteiger charge is 2.39. The zero-order valence-corrected chi connectivity index (χ0v) is 15.9. The fourth-order valence-electron chi connectivity index (χ4n) is 4.09. The molecule has 7 heteroatoms. The first-order valence-corrected chi connectivity index (χ1v) is 9.46. The lowest BCUT2D eigenvalue weighted by molar-refractivity contribution is -0.142. The summed E-state index contributed by atoms with van der Waals surface area (Å²) in [7, 11) is 0. The number of carbonyl (C=O) groups excluding carboxylic acids is 3. The average Bonchev–Trinajstić information content (AvgIpc) is 3.22. The molecule has 2 aromatic carbocycles. The number of hydrogen-bond acceptors (Lipinski definition) is 4. The second-order valence-corrected chi connectivity index (χ2v) is 7.41. The lowest BCUT2D eigenvalue weighted by Crippen LogP contribution is -2.37. The number of fused-ring (bicyclic) bond motifs is 1. The van der Waals surface area contributed by atoms with Crippen molar-refractivity contribution in [1.29, 1.82) is 0 Å². The summed E-state index contributed by atoms with van der Waals surface area (Å²) in [6.07, 6.45) is 0.428. The van der Waals surface area contributed by atoms with Gasteiger partial charge in [0, 0.05) is 18.2 Å². The van der Waals surface area contributed by atoms with E-state index >= 15 is 0 Å². The van der Waals surface area contributed by atoms with Crippen molar-refractivity contribution in [3.63, 3.8) is 0 Å². The van der Waals surface area contributed by atoms with Gasteiger partial charge in [0.25, 0.3) is 17.7 Å². The van der Waals surface area contributed by atoms with Gasteiger partial charge >= 0.3 is 5.97 Å². The molecule has 2 aromatic rings. The Labute approximate surface area is 167 Å². The number of carboxylic acids is 1. The third-order valence-electron chi connectivity index (χ3n) is 5.73. The molecule has 2 aliphatic rings. The van der Waals surface area contributed by atoms with Crippen LogP contribution in [0.4, 0.5) is 0 Å². The van der Waals surface area contributed by atoms with Crippen LogP contribution in [0.25, 0.3) is 0 Å². The van der Waals surface area contributed by atoms with Gasteiger partial charge in [0.05, 0.1) is 23.6 Å². The molecule has 0 aliphatic carbocycles. The fourth-order valence-corrected chi connectivity index (χ4v) is 4.09. The number of aliphatic carboxylic acids is 1. The third-order valence-corrected chi connectivity index (χ3v) is 5.73. The predicted octanol–water partition coefficient (Wildman–Crippen LogP) is 2.42. The molecule has 1 fully saturated rings. The molecule has 4 rings (SSSR count). The van der Waals surface area contributed by atoms with Crippen LogP contribution in [0.3, 0.4) is 0 Å². The van der Waals surface area contributed by atoms with Gasteiger partial charge < -0.3 is 10.0 Å². The SMILES string of the molecule is CC1C(C(=O)O)CCN1C(=O)c1cccc(CN2C(=O)c3ccccc3C2=O)c1. The number of benzene rings is 2. The zero-order chi connectivity index (χ0) is 20.7. The standard InChI is InChI=1S/C22H20N2O5/c1-13-16(22(28)29)9-10-23(13)19(25)15-6-4-5-14(11-15)12-24-20(26)17-7-2-3-8-18(17)21(24)27/h2-8,11,13,16H,9-10,12H2,1H3,(H,28,29). The second kappa shape index (κ2) is 7.16. The van der Waals surface area contributed by atoms with Crippen LogP contribution in [0.2, 0.25) is 0 Å². The first kappa shape index (κ1) is 18.9. The van der Waals surface area contributed by atoms with Gasteiger partial charge in [-0.15, -0.1) is 0 Å². The summed E-state index contributed by atoms with van der Waals surface area (Å²) in [5, 5.41) is 9.27. The van der Waals surface area contributed by atoms with Crippen LogP contribution in [0.5, 0.6) is 0 Å². The summed E-state index contributed by atoms with van der Waals surface area (Å²) in [6.45, 7) is 2.20. The average molecular weight is 392 g/mol. The molecule has 2 aliphatic heterocycles. The number of carboxylic acid groups (broad SMARTS) is 1. The van der Waals surface area contributed by atoms with E-state index in [2.05, 4.69) is 0 Å². The summed E-state index contributed by atoms with van der Waals surface area (Å²) in [5.41, 5.74) is 1.84. The Morgan fingerprint density at radius 3 is 2.28 bits per heavy atom. The molecule has 7 nitrogen and oxygen atoms in total. The minimum absolute atomic E-state index is 0.0702. The van der Waals surface area contributed by atoms with E-state index in [-0.39, 0.29) is 30.3 Å². The Hall–Kier alpha value is -3.48. The van der Waals surface area contributed by atoms with E-state index in [0.29, 0.717) is 35.2 Å². The number of nitrogens with zero attached hydrogens (tertiary/aromatic N) is 2. The second-order valence-electron chi connectivity index (χ2n) is 7.41. The van der Waals surface area contributed by atoms with Crippen molar-refractivity contribution in [3.05, 3.63) is 70.8 Å². The molecule has 2 atom stereocenters. The highest BCUT2D eigenvalue weighted by molar-refractivity contribution is 6.21. The van der Waals surface area contributed by atoms with Crippen LogP contribution in [0.1, 0.15) is 50.0 Å². The number of imide groups is 1. The van der Waals surface area contributed by atoms with Crippen molar-refractivity contribution in [2.24, 2.45) is 5.92 Å². The maximum atomic E-state index is 12.9. The van der Waals surface area contributed by atoms with Gasteiger partial charge in [-0.05, 0) is 43.2 Å². The number of likely N-dealkylation sites (tertiary alicyclic amines) is 1. The summed E-state index contributed by atoms with van der Waals surface area (Å²) >= 11 is 0. The summed E-state index contributed by atoms with van der Waals surface area (Å²) in [5.74, 6) is -2.40. The number of carbonyl (C=O) groups is 4. The number of hydrogen-bond donors (Lipinski definition) is 1. The van der Waals surface area contributed by atoms with Crippen molar-refractivity contribution < 1.29 is 24.3 Å². The van der Waals surface area contributed by atoms with Gasteiger partial charge in [0.15, 0.2) is 0 Å². The van der Waals surface area contributed by atoms with Crippen LogP contribution < -0.4 is 0 Å². The summed E-state index contributed by atoms with van der Waals surface area (Å²) < 4.78 is 0. The predicted molar refractivity (Wildman–Crippen MR) is 103 cm³/mol. The number of amides is 3. The number of rotatable bonds is 4. The van der Waals surface area contributed by atoms with Crippen molar-refractivity contribution in [2.75, 3.05) is 6.54 Å². The van der Waals surface area contributed by atoms with Gasteiger partial charge in [-0.1, -0.05) is 24.3 Å². The monoisotopic (exact) mass is 392 g/mol. The van der Waals surface area contributed by atoms with Gasteiger partial charge in [-0.2, -0.15) is 0 Å². The van der Waals surface area contributed by atoms with E-state index in [1.54, 1.807) is 60.4 Å². The fraction of sp³-hybridized carbons (Fsp3) is 0.273. The van der Waals surface area contributed by atoms with Crippen LogP contribution in [0, 0.1) is 5.92 Å². The summed E-state index contributed by atoms with van der Waals surface area (Å²) in [6, 6.07) is 13.1. The van der Waals surface area contributed by atoms with E-state index in [9.17, 15) is 24.3 Å². The molecule has 0 bridgehead atoms. The smallest absolute Gasteiger partial charge is 0.308 e. The topological polar surface area (TPSA) is 95.0 Å². The van der Waals surface area contributed by atoms with Crippen molar-refractivity contribution in [1.82, 2.24) is 9.80 Å². The Balaban J connectivity index is 1.53. The molecule has 1 saturated heterocycles. The minimum atomic E-state index is -0.896. The Kier molecular flexibility index (Phi) is 4.66. The molecule has 0 spiro atoms. The normalized spacial score (nSPS) is 20.9. The van der Waals surface area contributed by atoms with E-state index < -0.39 is 11.9 Å². The highest BCUT2D eigenvalue weighted by Crippen LogP contribution is 2.27.